The van der Waals surface area contributed by atoms with E-state index in [4.69, 9.17) is 4.74 Å². The molecule has 0 aliphatic carbocycles. The molecule has 2 aromatic heterocycles. The SMILES string of the molecule is CC.CC(C)(C)OC(=O)N1CCCC(c2c[nH]c3cc(Br)ncc23)C1. The van der Waals surface area contributed by atoms with Gasteiger partial charge in [-0.05, 0) is 61.2 Å². The Morgan fingerprint density at radius 1 is 1.40 bits per heavy atom. The van der Waals surface area contributed by atoms with Crippen LogP contribution in [0.3, 0.4) is 0 Å². The van der Waals surface area contributed by atoms with Gasteiger partial charge in [0.05, 0.1) is 0 Å². The number of nitrogens with zero attached hydrogens (tertiary/aromatic N) is 2. The number of pyridine rings is 1. The zero-order valence-electron chi connectivity index (χ0n) is 15.7. The van der Waals surface area contributed by atoms with Gasteiger partial charge in [0.25, 0.3) is 0 Å². The molecule has 6 heteroatoms. The molecule has 1 fully saturated rings. The summed E-state index contributed by atoms with van der Waals surface area (Å²) < 4.78 is 6.32. The molecule has 138 valence electrons. The molecule has 1 N–H and O–H groups in total. The Kier molecular flexibility index (Phi) is 6.49. The molecular weight excluding hydrogens is 382 g/mol. The number of ether oxygens (including phenoxy) is 1. The summed E-state index contributed by atoms with van der Waals surface area (Å²) in [6, 6.07) is 1.98. The second-order valence-corrected chi connectivity index (χ2v) is 7.87. The van der Waals surface area contributed by atoms with E-state index in [0.717, 1.165) is 34.9 Å². The van der Waals surface area contributed by atoms with Gasteiger partial charge in [0.1, 0.15) is 10.2 Å². The first-order chi connectivity index (χ1) is 11.8. The van der Waals surface area contributed by atoms with Crippen LogP contribution in [0, 0.1) is 0 Å². The number of halogens is 1. The van der Waals surface area contributed by atoms with E-state index in [2.05, 4.69) is 25.9 Å². The number of piperidine rings is 1. The fraction of sp³-hybridized carbons (Fsp3) is 0.579. The van der Waals surface area contributed by atoms with Crippen LogP contribution in [0.25, 0.3) is 10.9 Å². The molecule has 3 heterocycles. The van der Waals surface area contributed by atoms with Crippen molar-refractivity contribution in [2.45, 2.75) is 59.0 Å². The quantitative estimate of drug-likeness (QED) is 0.635. The molecular formula is C19H28BrN3O2. The molecule has 0 aromatic carbocycles. The Bertz CT molecular complexity index is 721. The molecule has 0 saturated carbocycles. The highest BCUT2D eigenvalue weighted by atomic mass is 79.9. The van der Waals surface area contributed by atoms with Gasteiger partial charge in [-0.1, -0.05) is 13.8 Å². The third kappa shape index (κ3) is 4.97. The van der Waals surface area contributed by atoms with Crippen molar-refractivity contribution >= 4 is 32.9 Å². The van der Waals surface area contributed by atoms with Crippen LogP contribution in [0.15, 0.2) is 23.1 Å². The van der Waals surface area contributed by atoms with Gasteiger partial charge in [0, 0.05) is 42.3 Å². The van der Waals surface area contributed by atoms with E-state index in [1.807, 2.05) is 58.0 Å². The Hall–Kier alpha value is -1.56. The lowest BCUT2D eigenvalue weighted by atomic mass is 9.91. The summed E-state index contributed by atoms with van der Waals surface area (Å²) in [7, 11) is 0. The van der Waals surface area contributed by atoms with E-state index >= 15 is 0 Å². The maximum atomic E-state index is 12.3. The average molecular weight is 410 g/mol. The number of carbonyl (C=O) groups is 1. The number of hydrogen-bond acceptors (Lipinski definition) is 3. The van der Waals surface area contributed by atoms with Crippen LogP contribution in [0.4, 0.5) is 4.79 Å². The number of amides is 1. The van der Waals surface area contributed by atoms with Crippen LogP contribution in [0.2, 0.25) is 0 Å². The van der Waals surface area contributed by atoms with Crippen LogP contribution in [-0.4, -0.2) is 39.7 Å². The second kappa shape index (κ2) is 8.21. The molecule has 1 unspecified atom stereocenters. The fourth-order valence-corrected chi connectivity index (χ4v) is 3.40. The van der Waals surface area contributed by atoms with E-state index in [1.54, 1.807) is 0 Å². The molecule has 1 saturated heterocycles. The number of likely N-dealkylation sites (tertiary alicyclic amines) is 1. The van der Waals surface area contributed by atoms with Crippen LogP contribution >= 0.6 is 15.9 Å². The largest absolute Gasteiger partial charge is 0.444 e. The van der Waals surface area contributed by atoms with Gasteiger partial charge in [-0.2, -0.15) is 0 Å². The first-order valence-corrected chi connectivity index (χ1v) is 9.73. The topological polar surface area (TPSA) is 58.2 Å². The number of nitrogens with one attached hydrogen (secondary N) is 1. The summed E-state index contributed by atoms with van der Waals surface area (Å²) in [6.07, 6.45) is 5.77. The third-order valence-electron chi connectivity index (χ3n) is 4.08. The number of carbonyl (C=O) groups excluding carboxylic acids is 1. The highest BCUT2D eigenvalue weighted by molar-refractivity contribution is 9.10. The summed E-state index contributed by atoms with van der Waals surface area (Å²) in [6.45, 7) is 11.1. The van der Waals surface area contributed by atoms with Crippen molar-refractivity contribution in [3.63, 3.8) is 0 Å². The van der Waals surface area contributed by atoms with E-state index in [1.165, 1.54) is 5.56 Å². The number of fused-ring (bicyclic) bond motifs is 1. The van der Waals surface area contributed by atoms with Crippen LogP contribution in [-0.2, 0) is 4.74 Å². The van der Waals surface area contributed by atoms with Crippen molar-refractivity contribution < 1.29 is 9.53 Å². The maximum Gasteiger partial charge on any atom is 0.410 e. The molecule has 0 radical (unpaired) electrons. The minimum atomic E-state index is -0.457. The van der Waals surface area contributed by atoms with Crippen LogP contribution in [0.5, 0.6) is 0 Å². The molecule has 2 aromatic rings. The number of rotatable bonds is 1. The third-order valence-corrected chi connectivity index (χ3v) is 4.51. The fourth-order valence-electron chi connectivity index (χ4n) is 3.07. The van der Waals surface area contributed by atoms with Gasteiger partial charge in [-0.25, -0.2) is 9.78 Å². The standard InChI is InChI=1S/C17H22BrN3O2.C2H6/c1-17(2,3)23-16(22)21-6-4-5-11(10-21)12-8-19-14-7-15(18)20-9-13(12)14;1-2/h7-9,11,19H,4-6,10H2,1-3H3;1-2H3. The lowest BCUT2D eigenvalue weighted by molar-refractivity contribution is 0.0198. The molecule has 25 heavy (non-hydrogen) atoms. The monoisotopic (exact) mass is 409 g/mol. The molecule has 0 bridgehead atoms. The predicted molar refractivity (Wildman–Crippen MR) is 105 cm³/mol. The highest BCUT2D eigenvalue weighted by Crippen LogP contribution is 2.33. The summed E-state index contributed by atoms with van der Waals surface area (Å²) in [5.41, 5.74) is 1.84. The van der Waals surface area contributed by atoms with Crippen molar-refractivity contribution in [3.8, 4) is 0 Å². The predicted octanol–water partition coefficient (Wildman–Crippen LogP) is 5.47. The average Bonchev–Trinajstić information content (AvgIpc) is 2.98. The molecule has 1 aliphatic rings. The molecule has 1 amide bonds. The molecule has 1 aliphatic heterocycles. The number of aromatic nitrogens is 2. The number of H-pyrrole nitrogens is 1. The Labute approximate surface area is 158 Å². The smallest absolute Gasteiger partial charge is 0.410 e. The lowest BCUT2D eigenvalue weighted by Gasteiger charge is -2.34. The summed E-state index contributed by atoms with van der Waals surface area (Å²) in [5.74, 6) is 0.313. The van der Waals surface area contributed by atoms with Gasteiger partial charge >= 0.3 is 6.09 Å². The minimum absolute atomic E-state index is 0.220. The second-order valence-electron chi connectivity index (χ2n) is 7.06. The molecule has 3 rings (SSSR count). The number of aromatic amines is 1. The van der Waals surface area contributed by atoms with Crippen molar-refractivity contribution in [2.24, 2.45) is 0 Å². The normalized spacial score (nSPS) is 17.8. The Balaban J connectivity index is 0.00000109. The first-order valence-electron chi connectivity index (χ1n) is 8.94. The van der Waals surface area contributed by atoms with Crippen LogP contribution in [0.1, 0.15) is 58.9 Å². The lowest BCUT2D eigenvalue weighted by Crippen LogP contribution is -2.42. The van der Waals surface area contributed by atoms with E-state index in [0.29, 0.717) is 12.5 Å². The summed E-state index contributed by atoms with van der Waals surface area (Å²) in [4.78, 5) is 21.8. The van der Waals surface area contributed by atoms with Crippen molar-refractivity contribution in [2.75, 3.05) is 13.1 Å². The highest BCUT2D eigenvalue weighted by Gasteiger charge is 2.29. The van der Waals surface area contributed by atoms with Gasteiger partial charge < -0.3 is 14.6 Å². The Morgan fingerprint density at radius 2 is 2.12 bits per heavy atom. The van der Waals surface area contributed by atoms with Gasteiger partial charge in [0.2, 0.25) is 0 Å². The van der Waals surface area contributed by atoms with Crippen LogP contribution < -0.4 is 0 Å². The van der Waals surface area contributed by atoms with Crippen molar-refractivity contribution in [3.05, 3.63) is 28.6 Å². The summed E-state index contributed by atoms with van der Waals surface area (Å²) in [5, 5.41) is 1.13. The van der Waals surface area contributed by atoms with Crippen molar-refractivity contribution in [1.29, 1.82) is 0 Å². The van der Waals surface area contributed by atoms with Crippen molar-refractivity contribution in [1.82, 2.24) is 14.9 Å². The maximum absolute atomic E-state index is 12.3. The number of hydrogen-bond donors (Lipinski definition) is 1. The molecule has 1 atom stereocenters. The van der Waals surface area contributed by atoms with E-state index in [9.17, 15) is 4.79 Å². The zero-order chi connectivity index (χ0) is 18.6. The van der Waals surface area contributed by atoms with Gasteiger partial charge in [0.15, 0.2) is 0 Å². The van der Waals surface area contributed by atoms with E-state index < -0.39 is 5.60 Å². The van der Waals surface area contributed by atoms with Gasteiger partial charge in [-0.15, -0.1) is 0 Å². The Morgan fingerprint density at radius 3 is 2.80 bits per heavy atom. The minimum Gasteiger partial charge on any atom is -0.444 e. The van der Waals surface area contributed by atoms with E-state index in [-0.39, 0.29) is 6.09 Å². The summed E-state index contributed by atoms with van der Waals surface area (Å²) >= 11 is 3.39. The van der Waals surface area contributed by atoms with Gasteiger partial charge in [-0.3, -0.25) is 0 Å². The first kappa shape index (κ1) is 19.8. The molecule has 5 nitrogen and oxygen atoms in total. The molecule has 0 spiro atoms. The zero-order valence-corrected chi connectivity index (χ0v) is 17.3.